The molecule has 3 aromatic rings. The standard InChI is InChI=1S/C21H25N5O2/c1-13(2)16-8-6-7-14(3)20(16)24-19-12-22-26-21(25-19)23-17-11-15(27-4)9-10-18(17)28-5/h6-13H,1-5H3,(H2,23,24,25,26). The molecule has 28 heavy (non-hydrogen) atoms. The van der Waals surface area contributed by atoms with E-state index in [4.69, 9.17) is 9.47 Å². The molecular weight excluding hydrogens is 354 g/mol. The first kappa shape index (κ1) is 19.4. The van der Waals surface area contributed by atoms with Gasteiger partial charge in [0.05, 0.1) is 26.1 Å². The summed E-state index contributed by atoms with van der Waals surface area (Å²) in [4.78, 5) is 4.54. The summed E-state index contributed by atoms with van der Waals surface area (Å²) in [6, 6.07) is 11.7. The highest BCUT2D eigenvalue weighted by Gasteiger charge is 2.12. The molecule has 0 fully saturated rings. The molecule has 0 atom stereocenters. The van der Waals surface area contributed by atoms with Crippen molar-refractivity contribution in [3.8, 4) is 11.5 Å². The Balaban J connectivity index is 1.89. The Kier molecular flexibility index (Phi) is 5.93. The van der Waals surface area contributed by atoms with E-state index in [2.05, 4.69) is 64.8 Å². The van der Waals surface area contributed by atoms with E-state index in [1.165, 1.54) is 5.56 Å². The molecule has 1 heterocycles. The molecule has 0 saturated carbocycles. The number of ether oxygens (including phenoxy) is 2. The number of rotatable bonds is 7. The maximum absolute atomic E-state index is 5.39. The van der Waals surface area contributed by atoms with Crippen molar-refractivity contribution in [3.05, 3.63) is 53.7 Å². The Bertz CT molecular complexity index is 959. The summed E-state index contributed by atoms with van der Waals surface area (Å²) >= 11 is 0. The minimum Gasteiger partial charge on any atom is -0.497 e. The van der Waals surface area contributed by atoms with Gasteiger partial charge in [0.1, 0.15) is 11.5 Å². The van der Waals surface area contributed by atoms with Crippen molar-refractivity contribution in [3.63, 3.8) is 0 Å². The van der Waals surface area contributed by atoms with E-state index in [9.17, 15) is 0 Å². The fraction of sp³-hybridized carbons (Fsp3) is 0.286. The Morgan fingerprint density at radius 1 is 1.00 bits per heavy atom. The van der Waals surface area contributed by atoms with Gasteiger partial charge < -0.3 is 20.1 Å². The predicted octanol–water partition coefficient (Wildman–Crippen LogP) is 4.81. The number of hydrogen-bond acceptors (Lipinski definition) is 7. The maximum atomic E-state index is 5.39. The van der Waals surface area contributed by atoms with Gasteiger partial charge in [0.2, 0.25) is 5.95 Å². The second-order valence-corrected chi connectivity index (χ2v) is 6.68. The van der Waals surface area contributed by atoms with Crippen molar-refractivity contribution >= 4 is 23.1 Å². The lowest BCUT2D eigenvalue weighted by molar-refractivity contribution is 0.405. The fourth-order valence-corrected chi connectivity index (χ4v) is 2.92. The number of nitrogens with one attached hydrogen (secondary N) is 2. The van der Waals surface area contributed by atoms with Crippen LogP contribution in [0.1, 0.15) is 30.9 Å². The van der Waals surface area contributed by atoms with Crippen molar-refractivity contribution in [2.24, 2.45) is 0 Å². The van der Waals surface area contributed by atoms with Crippen LogP contribution in [-0.2, 0) is 0 Å². The van der Waals surface area contributed by atoms with Crippen LogP contribution >= 0.6 is 0 Å². The molecule has 0 amide bonds. The summed E-state index contributed by atoms with van der Waals surface area (Å²) in [6.07, 6.45) is 1.60. The number of nitrogens with zero attached hydrogens (tertiary/aromatic N) is 3. The van der Waals surface area contributed by atoms with E-state index in [0.717, 1.165) is 11.3 Å². The van der Waals surface area contributed by atoms with Crippen LogP contribution in [0.2, 0.25) is 0 Å². The first-order chi connectivity index (χ1) is 13.5. The molecule has 1 aromatic heterocycles. The van der Waals surface area contributed by atoms with Gasteiger partial charge in [0.15, 0.2) is 5.82 Å². The van der Waals surface area contributed by atoms with Crippen molar-refractivity contribution < 1.29 is 9.47 Å². The van der Waals surface area contributed by atoms with Gasteiger partial charge in [-0.15, -0.1) is 5.10 Å². The van der Waals surface area contributed by atoms with Gasteiger partial charge in [-0.3, -0.25) is 0 Å². The minimum atomic E-state index is 0.358. The largest absolute Gasteiger partial charge is 0.497 e. The molecule has 0 bridgehead atoms. The summed E-state index contributed by atoms with van der Waals surface area (Å²) < 4.78 is 10.7. The summed E-state index contributed by atoms with van der Waals surface area (Å²) in [5.74, 6) is 2.71. The second kappa shape index (κ2) is 8.56. The number of para-hydroxylation sites is 1. The van der Waals surface area contributed by atoms with E-state index in [0.29, 0.717) is 34.9 Å². The van der Waals surface area contributed by atoms with Gasteiger partial charge >= 0.3 is 0 Å². The number of benzene rings is 2. The summed E-state index contributed by atoms with van der Waals surface area (Å²) in [5, 5.41) is 14.7. The molecule has 3 rings (SSSR count). The minimum absolute atomic E-state index is 0.358. The van der Waals surface area contributed by atoms with E-state index in [-0.39, 0.29) is 0 Å². The zero-order valence-corrected chi connectivity index (χ0v) is 16.8. The summed E-state index contributed by atoms with van der Waals surface area (Å²) in [7, 11) is 3.22. The molecule has 0 aliphatic heterocycles. The van der Waals surface area contributed by atoms with Crippen molar-refractivity contribution in [2.75, 3.05) is 24.9 Å². The van der Waals surface area contributed by atoms with Gasteiger partial charge in [-0.25, -0.2) is 0 Å². The fourth-order valence-electron chi connectivity index (χ4n) is 2.92. The monoisotopic (exact) mass is 379 g/mol. The van der Waals surface area contributed by atoms with Crippen LogP contribution in [-0.4, -0.2) is 29.4 Å². The summed E-state index contributed by atoms with van der Waals surface area (Å²) in [5.41, 5.74) is 4.11. The maximum Gasteiger partial charge on any atom is 0.249 e. The Morgan fingerprint density at radius 3 is 2.54 bits per heavy atom. The van der Waals surface area contributed by atoms with Crippen LogP contribution in [0.25, 0.3) is 0 Å². The molecule has 2 N–H and O–H groups in total. The van der Waals surface area contributed by atoms with Crippen molar-refractivity contribution in [2.45, 2.75) is 26.7 Å². The molecule has 0 saturated heterocycles. The van der Waals surface area contributed by atoms with Crippen LogP contribution in [0.4, 0.5) is 23.1 Å². The highest BCUT2D eigenvalue weighted by atomic mass is 16.5. The number of methoxy groups -OCH3 is 2. The van der Waals surface area contributed by atoms with E-state index < -0.39 is 0 Å². The molecule has 0 unspecified atom stereocenters. The Morgan fingerprint density at radius 2 is 1.82 bits per heavy atom. The van der Waals surface area contributed by atoms with Crippen LogP contribution in [0, 0.1) is 6.92 Å². The Labute approximate surface area is 165 Å². The van der Waals surface area contributed by atoms with E-state index in [1.54, 1.807) is 20.4 Å². The van der Waals surface area contributed by atoms with Crippen LogP contribution in [0.3, 0.4) is 0 Å². The first-order valence-electron chi connectivity index (χ1n) is 9.07. The quantitative estimate of drug-likeness (QED) is 0.610. The van der Waals surface area contributed by atoms with Crippen LogP contribution in [0.15, 0.2) is 42.6 Å². The van der Waals surface area contributed by atoms with Crippen LogP contribution in [0.5, 0.6) is 11.5 Å². The second-order valence-electron chi connectivity index (χ2n) is 6.68. The van der Waals surface area contributed by atoms with Gasteiger partial charge in [-0.1, -0.05) is 32.0 Å². The van der Waals surface area contributed by atoms with E-state index in [1.807, 2.05) is 18.2 Å². The molecule has 7 heteroatoms. The summed E-state index contributed by atoms with van der Waals surface area (Å²) in [6.45, 7) is 6.41. The number of aryl methyl sites for hydroxylation is 1. The third kappa shape index (κ3) is 4.31. The average Bonchev–Trinajstić information content (AvgIpc) is 2.69. The van der Waals surface area contributed by atoms with Crippen molar-refractivity contribution in [1.82, 2.24) is 15.2 Å². The zero-order chi connectivity index (χ0) is 20.1. The highest BCUT2D eigenvalue weighted by molar-refractivity contribution is 5.68. The third-order valence-electron chi connectivity index (χ3n) is 4.39. The predicted molar refractivity (Wildman–Crippen MR) is 111 cm³/mol. The normalized spacial score (nSPS) is 10.6. The molecule has 0 spiro atoms. The lowest BCUT2D eigenvalue weighted by Gasteiger charge is -2.17. The van der Waals surface area contributed by atoms with Crippen molar-refractivity contribution in [1.29, 1.82) is 0 Å². The first-order valence-corrected chi connectivity index (χ1v) is 9.07. The molecule has 0 radical (unpaired) electrons. The highest BCUT2D eigenvalue weighted by Crippen LogP contribution is 2.32. The molecule has 7 nitrogen and oxygen atoms in total. The van der Waals surface area contributed by atoms with Gasteiger partial charge in [-0.05, 0) is 36.1 Å². The average molecular weight is 379 g/mol. The number of hydrogen-bond donors (Lipinski definition) is 2. The zero-order valence-electron chi connectivity index (χ0n) is 16.8. The smallest absolute Gasteiger partial charge is 0.249 e. The SMILES string of the molecule is COc1ccc(OC)c(Nc2nncc(Nc3c(C)cccc3C(C)C)n2)c1. The molecule has 146 valence electrons. The molecule has 2 aromatic carbocycles. The number of aromatic nitrogens is 3. The lowest BCUT2D eigenvalue weighted by atomic mass is 9.98. The number of anilines is 4. The topological polar surface area (TPSA) is 81.2 Å². The lowest BCUT2D eigenvalue weighted by Crippen LogP contribution is -2.06. The van der Waals surface area contributed by atoms with E-state index >= 15 is 0 Å². The third-order valence-corrected chi connectivity index (χ3v) is 4.39. The Hall–Kier alpha value is -3.35. The molecule has 0 aliphatic carbocycles. The van der Waals surface area contributed by atoms with Gasteiger partial charge in [-0.2, -0.15) is 10.1 Å². The van der Waals surface area contributed by atoms with Gasteiger partial charge in [0, 0.05) is 11.8 Å². The molecule has 0 aliphatic rings. The van der Waals surface area contributed by atoms with Gasteiger partial charge in [0.25, 0.3) is 0 Å². The molecular formula is C21H25N5O2. The van der Waals surface area contributed by atoms with Crippen LogP contribution < -0.4 is 20.1 Å².